The van der Waals surface area contributed by atoms with Gasteiger partial charge in [0.2, 0.25) is 0 Å². The highest BCUT2D eigenvalue weighted by atomic mass is 31.2. The van der Waals surface area contributed by atoms with Gasteiger partial charge in [-0.15, -0.1) is 0 Å². The summed E-state index contributed by atoms with van der Waals surface area (Å²) in [7, 11) is -4.00. The number of carbonyl (C=O) groups excluding carboxylic acids is 1. The van der Waals surface area contributed by atoms with Crippen LogP contribution in [-0.4, -0.2) is 21.7 Å². The predicted molar refractivity (Wildman–Crippen MR) is 80.5 cm³/mol. The zero-order chi connectivity index (χ0) is 15.6. The van der Waals surface area contributed by atoms with Crippen molar-refractivity contribution in [1.82, 2.24) is 0 Å². The number of Topliss-reactive ketones (excluding diaryl/α,β-unsaturated/α-hetero) is 1. The fourth-order valence-electron chi connectivity index (χ4n) is 2.30. The van der Waals surface area contributed by atoms with Crippen LogP contribution in [0.2, 0.25) is 0 Å². The van der Waals surface area contributed by atoms with Gasteiger partial charge in [-0.1, -0.05) is 37.6 Å². The lowest BCUT2D eigenvalue weighted by atomic mass is 9.72. The Bertz CT molecular complexity index is 532. The van der Waals surface area contributed by atoms with Crippen LogP contribution in [0.1, 0.15) is 40.5 Å². The van der Waals surface area contributed by atoms with Gasteiger partial charge in [0.15, 0.2) is 5.78 Å². The number of rotatable bonds is 4. The van der Waals surface area contributed by atoms with Gasteiger partial charge < -0.3 is 9.79 Å². The van der Waals surface area contributed by atoms with Crippen molar-refractivity contribution in [2.24, 2.45) is 5.41 Å². The van der Waals surface area contributed by atoms with Gasteiger partial charge >= 0.3 is 7.60 Å². The Balaban J connectivity index is 2.95. The molecule has 0 amide bonds. The average Bonchev–Trinajstić information content (AvgIpc) is 2.31. The van der Waals surface area contributed by atoms with Crippen LogP contribution in [0, 0.1) is 5.41 Å². The third-order valence-corrected chi connectivity index (χ3v) is 4.35. The van der Waals surface area contributed by atoms with Crippen molar-refractivity contribution in [3.05, 3.63) is 34.9 Å². The highest BCUT2D eigenvalue weighted by molar-refractivity contribution is 7.51. The molecule has 0 fully saturated rings. The number of hydrogen-bond donors (Lipinski definition) is 2. The zero-order valence-corrected chi connectivity index (χ0v) is 13.4. The monoisotopic (exact) mass is 298 g/mol. The number of ketones is 1. The van der Waals surface area contributed by atoms with Crippen LogP contribution < -0.4 is 0 Å². The normalized spacial score (nSPS) is 20.9. The number of carbonyl (C=O) groups is 1. The molecule has 0 heterocycles. The smallest absolute Gasteiger partial charge is 0.324 e. The van der Waals surface area contributed by atoms with Crippen LogP contribution >= 0.6 is 7.60 Å². The molecule has 0 bridgehead atoms. The fourth-order valence-corrected chi connectivity index (χ4v) is 2.83. The minimum atomic E-state index is -4.00. The molecule has 0 aromatic carbocycles. The Hall–Kier alpha value is -0.960. The van der Waals surface area contributed by atoms with Crippen molar-refractivity contribution in [2.75, 3.05) is 6.16 Å². The van der Waals surface area contributed by atoms with Gasteiger partial charge in [0.25, 0.3) is 0 Å². The van der Waals surface area contributed by atoms with Crippen LogP contribution in [0.5, 0.6) is 0 Å². The van der Waals surface area contributed by atoms with Crippen LogP contribution in [-0.2, 0) is 9.36 Å². The van der Waals surface area contributed by atoms with E-state index in [1.54, 1.807) is 6.92 Å². The van der Waals surface area contributed by atoms with Crippen molar-refractivity contribution < 1.29 is 19.1 Å². The first-order valence-electron chi connectivity index (χ1n) is 6.67. The molecule has 0 unspecified atom stereocenters. The molecule has 20 heavy (non-hydrogen) atoms. The maximum absolute atomic E-state index is 11.8. The topological polar surface area (TPSA) is 74.6 Å². The van der Waals surface area contributed by atoms with E-state index in [2.05, 4.69) is 13.8 Å². The standard InChI is InChI=1S/C15H23O4P/c1-11(8-10-20(17,18)19)5-6-13-12(2)14(16)7-9-15(13,3)4/h5-6,8H,7,9-10H2,1-4H3,(H2,17,18,19)/b6-5+,11-8+. The summed E-state index contributed by atoms with van der Waals surface area (Å²) in [4.78, 5) is 29.4. The van der Waals surface area contributed by atoms with Crippen LogP contribution in [0.15, 0.2) is 34.9 Å². The summed E-state index contributed by atoms with van der Waals surface area (Å²) < 4.78 is 10.8. The summed E-state index contributed by atoms with van der Waals surface area (Å²) in [5.41, 5.74) is 2.54. The van der Waals surface area contributed by atoms with E-state index in [1.165, 1.54) is 6.08 Å². The molecule has 0 aromatic heterocycles. The van der Waals surface area contributed by atoms with E-state index in [0.717, 1.165) is 23.1 Å². The second-order valence-electron chi connectivity index (χ2n) is 5.97. The highest BCUT2D eigenvalue weighted by Gasteiger charge is 2.30. The SMILES string of the molecule is CC1=C(/C=C/C(C)=C/CP(=O)(O)O)C(C)(C)CCC1=O. The van der Waals surface area contributed by atoms with Gasteiger partial charge in [-0.05, 0) is 36.8 Å². The third-order valence-electron chi connectivity index (χ3n) is 3.69. The minimum Gasteiger partial charge on any atom is -0.324 e. The molecule has 112 valence electrons. The van der Waals surface area contributed by atoms with Gasteiger partial charge in [0, 0.05) is 6.42 Å². The molecule has 0 spiro atoms. The van der Waals surface area contributed by atoms with E-state index in [9.17, 15) is 9.36 Å². The van der Waals surface area contributed by atoms with Crippen LogP contribution in [0.25, 0.3) is 0 Å². The van der Waals surface area contributed by atoms with Crippen molar-refractivity contribution >= 4 is 13.4 Å². The number of hydrogen-bond acceptors (Lipinski definition) is 2. The van der Waals surface area contributed by atoms with Gasteiger partial charge in [0.1, 0.15) is 0 Å². The molecule has 4 nitrogen and oxygen atoms in total. The third kappa shape index (κ3) is 4.86. The Kier molecular flexibility index (Phi) is 5.31. The lowest BCUT2D eigenvalue weighted by Gasteiger charge is -2.32. The van der Waals surface area contributed by atoms with Gasteiger partial charge in [-0.3, -0.25) is 9.36 Å². The Morgan fingerprint density at radius 3 is 2.55 bits per heavy atom. The Morgan fingerprint density at radius 1 is 1.40 bits per heavy atom. The molecule has 0 aromatic rings. The summed E-state index contributed by atoms with van der Waals surface area (Å²) in [6.07, 6.45) is 6.39. The molecule has 1 aliphatic carbocycles. The molecule has 0 saturated carbocycles. The molecule has 0 radical (unpaired) electrons. The van der Waals surface area contributed by atoms with E-state index in [-0.39, 0.29) is 17.4 Å². The van der Waals surface area contributed by atoms with Gasteiger partial charge in [-0.2, -0.15) is 0 Å². The molecule has 5 heteroatoms. The predicted octanol–water partition coefficient (Wildman–Crippen LogP) is 3.37. The molecular formula is C15H23O4P. The summed E-state index contributed by atoms with van der Waals surface area (Å²) >= 11 is 0. The maximum Gasteiger partial charge on any atom is 0.329 e. The molecule has 2 N–H and O–H groups in total. The largest absolute Gasteiger partial charge is 0.329 e. The summed E-state index contributed by atoms with van der Waals surface area (Å²) in [5.74, 6) is 0.181. The van der Waals surface area contributed by atoms with Crippen LogP contribution in [0.3, 0.4) is 0 Å². The Morgan fingerprint density at radius 2 is 2.00 bits per heavy atom. The van der Waals surface area contributed by atoms with Crippen molar-refractivity contribution in [1.29, 1.82) is 0 Å². The fraction of sp³-hybridized carbons (Fsp3) is 0.533. The first-order chi connectivity index (χ1) is 9.03. The zero-order valence-electron chi connectivity index (χ0n) is 12.5. The van der Waals surface area contributed by atoms with Gasteiger partial charge in [0.05, 0.1) is 6.16 Å². The first kappa shape index (κ1) is 17.1. The minimum absolute atomic E-state index is 0.0436. The summed E-state index contributed by atoms with van der Waals surface area (Å²) in [5, 5.41) is 0. The van der Waals surface area contributed by atoms with E-state index >= 15 is 0 Å². The maximum atomic E-state index is 11.8. The molecule has 1 rings (SSSR count). The second-order valence-corrected chi connectivity index (χ2v) is 7.67. The molecule has 0 aliphatic heterocycles. The lowest BCUT2D eigenvalue weighted by Crippen LogP contribution is -2.24. The molecule has 0 saturated heterocycles. The summed E-state index contributed by atoms with van der Waals surface area (Å²) in [6.45, 7) is 7.85. The van der Waals surface area contributed by atoms with E-state index in [0.29, 0.717) is 6.42 Å². The van der Waals surface area contributed by atoms with Crippen molar-refractivity contribution in [3.63, 3.8) is 0 Å². The van der Waals surface area contributed by atoms with E-state index in [1.807, 2.05) is 19.1 Å². The summed E-state index contributed by atoms with van der Waals surface area (Å²) in [6, 6.07) is 0. The molecule has 1 aliphatic rings. The quantitative estimate of drug-likeness (QED) is 0.616. The highest BCUT2D eigenvalue weighted by Crippen LogP contribution is 2.39. The van der Waals surface area contributed by atoms with Gasteiger partial charge in [-0.25, -0.2) is 0 Å². The average molecular weight is 298 g/mol. The van der Waals surface area contributed by atoms with Crippen LogP contribution in [0.4, 0.5) is 0 Å². The van der Waals surface area contributed by atoms with E-state index in [4.69, 9.17) is 9.79 Å². The van der Waals surface area contributed by atoms with Crippen molar-refractivity contribution in [3.8, 4) is 0 Å². The van der Waals surface area contributed by atoms with E-state index < -0.39 is 7.60 Å². The lowest BCUT2D eigenvalue weighted by molar-refractivity contribution is -0.116. The van der Waals surface area contributed by atoms with Crippen molar-refractivity contribution in [2.45, 2.75) is 40.5 Å². The second kappa shape index (κ2) is 6.21. The first-order valence-corrected chi connectivity index (χ1v) is 8.47. The molecular weight excluding hydrogens is 275 g/mol. The number of allylic oxidation sites excluding steroid dienone is 6. The molecule has 0 atom stereocenters. The Labute approximate surface area is 120 Å².